The number of para-hydroxylation sites is 2. The molecule has 0 fully saturated rings. The minimum Gasteiger partial charge on any atom is -0.457 e. The van der Waals surface area contributed by atoms with Crippen LogP contribution < -0.4 is 4.74 Å². The quantitative estimate of drug-likeness (QED) is 0.180. The average Bonchev–Trinajstić information content (AvgIpc) is 3.80. The van der Waals surface area contributed by atoms with Crippen LogP contribution in [0.1, 0.15) is 22.3 Å². The van der Waals surface area contributed by atoms with Gasteiger partial charge in [-0.05, 0) is 68.8 Å². The zero-order valence-electron chi connectivity index (χ0n) is 30.7. The third-order valence-electron chi connectivity index (χ3n) is 11.8. The predicted molar refractivity (Wildman–Crippen MR) is 234 cm³/mol. The third-order valence-corrected chi connectivity index (χ3v) is 13.0. The van der Waals surface area contributed by atoms with Gasteiger partial charge in [-0.15, -0.1) is 11.3 Å². The van der Waals surface area contributed by atoms with Gasteiger partial charge in [0.15, 0.2) is 5.82 Å². The standard InChI is InChI=1S/C53H32N2OS/c1-2-12-33(13-3-1)34-24-28-37(29-25-34)52-54-49(51-50(55-52)41-15-5-11-21-48(41)57-51)36-26-22-35(23-27-36)38-30-31-40-39-14-4-6-16-42(39)53(45(40)32-38)43-17-7-9-19-46(43)56-47-20-10-8-18-44(47)53/h1-32H. The first-order valence-electron chi connectivity index (χ1n) is 19.3. The zero-order chi connectivity index (χ0) is 37.5. The summed E-state index contributed by atoms with van der Waals surface area (Å²) >= 11 is 1.76. The van der Waals surface area contributed by atoms with Gasteiger partial charge in [0.25, 0.3) is 0 Å². The number of fused-ring (bicyclic) bond motifs is 12. The molecule has 8 aromatic carbocycles. The van der Waals surface area contributed by atoms with Crippen LogP contribution >= 0.6 is 11.3 Å². The van der Waals surface area contributed by atoms with E-state index in [9.17, 15) is 0 Å². The van der Waals surface area contributed by atoms with Gasteiger partial charge in [0.05, 0.1) is 21.3 Å². The number of hydrogen-bond donors (Lipinski definition) is 0. The van der Waals surface area contributed by atoms with Crippen LogP contribution in [0.4, 0.5) is 0 Å². The lowest BCUT2D eigenvalue weighted by Gasteiger charge is -2.39. The molecule has 266 valence electrons. The Hall–Kier alpha value is -7.14. The highest BCUT2D eigenvalue weighted by Crippen LogP contribution is 2.62. The molecule has 2 aliphatic rings. The Morgan fingerprint density at radius 2 is 0.947 bits per heavy atom. The Balaban J connectivity index is 0.991. The first-order chi connectivity index (χ1) is 28.2. The number of ether oxygens (including phenoxy) is 1. The van der Waals surface area contributed by atoms with E-state index in [0.717, 1.165) is 55.3 Å². The second-order valence-electron chi connectivity index (χ2n) is 14.8. The maximum Gasteiger partial charge on any atom is 0.160 e. The summed E-state index contributed by atoms with van der Waals surface area (Å²) < 4.78 is 8.87. The fraction of sp³-hybridized carbons (Fsp3) is 0.0189. The molecule has 0 saturated heterocycles. The van der Waals surface area contributed by atoms with Gasteiger partial charge >= 0.3 is 0 Å². The maximum absolute atomic E-state index is 6.56. The van der Waals surface area contributed by atoms with Crippen LogP contribution in [0, 0.1) is 0 Å². The van der Waals surface area contributed by atoms with E-state index in [1.54, 1.807) is 11.3 Å². The van der Waals surface area contributed by atoms with E-state index in [1.165, 1.54) is 54.8 Å². The van der Waals surface area contributed by atoms with Crippen molar-refractivity contribution in [2.45, 2.75) is 5.41 Å². The molecule has 4 heteroatoms. The van der Waals surface area contributed by atoms with Gasteiger partial charge in [0.1, 0.15) is 11.5 Å². The van der Waals surface area contributed by atoms with Crippen LogP contribution in [0.5, 0.6) is 11.5 Å². The van der Waals surface area contributed by atoms with Crippen LogP contribution in [0.25, 0.3) is 76.3 Å². The second-order valence-corrected chi connectivity index (χ2v) is 15.9. The summed E-state index contributed by atoms with van der Waals surface area (Å²) in [5.41, 5.74) is 15.6. The fourth-order valence-corrected chi connectivity index (χ4v) is 10.4. The highest BCUT2D eigenvalue weighted by molar-refractivity contribution is 7.26. The molecule has 3 heterocycles. The molecule has 0 saturated carbocycles. The molecule has 10 aromatic rings. The normalized spacial score (nSPS) is 13.2. The van der Waals surface area contributed by atoms with Crippen LogP contribution in [0.2, 0.25) is 0 Å². The summed E-state index contributed by atoms with van der Waals surface area (Å²) in [7, 11) is 0. The van der Waals surface area contributed by atoms with Crippen molar-refractivity contribution < 1.29 is 4.74 Å². The lowest BCUT2D eigenvalue weighted by atomic mass is 9.66. The van der Waals surface area contributed by atoms with Gasteiger partial charge in [-0.3, -0.25) is 0 Å². The Labute approximate surface area is 334 Å². The third kappa shape index (κ3) is 4.78. The van der Waals surface area contributed by atoms with E-state index in [1.807, 2.05) is 6.07 Å². The van der Waals surface area contributed by atoms with Crippen molar-refractivity contribution in [1.82, 2.24) is 9.97 Å². The molecule has 12 rings (SSSR count). The van der Waals surface area contributed by atoms with Gasteiger partial charge in [0.2, 0.25) is 0 Å². The number of benzene rings is 8. The van der Waals surface area contributed by atoms with Crippen molar-refractivity contribution in [2.24, 2.45) is 0 Å². The summed E-state index contributed by atoms with van der Waals surface area (Å²) in [5, 5.41) is 1.16. The molecule has 57 heavy (non-hydrogen) atoms. The molecule has 0 N–H and O–H groups in total. The van der Waals surface area contributed by atoms with Crippen molar-refractivity contribution in [3.05, 3.63) is 216 Å². The van der Waals surface area contributed by atoms with Crippen molar-refractivity contribution in [3.8, 4) is 67.5 Å². The van der Waals surface area contributed by atoms with Crippen LogP contribution in [0.3, 0.4) is 0 Å². The van der Waals surface area contributed by atoms with Crippen molar-refractivity contribution in [2.75, 3.05) is 0 Å². The summed E-state index contributed by atoms with van der Waals surface area (Å²) in [6.45, 7) is 0. The van der Waals surface area contributed by atoms with Gasteiger partial charge in [-0.1, -0.05) is 170 Å². The number of aromatic nitrogens is 2. The van der Waals surface area contributed by atoms with Crippen molar-refractivity contribution in [3.63, 3.8) is 0 Å². The zero-order valence-corrected chi connectivity index (χ0v) is 31.5. The molecule has 3 nitrogen and oxygen atoms in total. The molecule has 1 spiro atoms. The Morgan fingerprint density at radius 3 is 1.70 bits per heavy atom. The monoisotopic (exact) mass is 744 g/mol. The lowest BCUT2D eigenvalue weighted by molar-refractivity contribution is 0.436. The summed E-state index contributed by atoms with van der Waals surface area (Å²) in [6.07, 6.45) is 0. The van der Waals surface area contributed by atoms with Crippen LogP contribution in [-0.2, 0) is 5.41 Å². The highest BCUT2D eigenvalue weighted by Gasteiger charge is 2.51. The van der Waals surface area contributed by atoms with E-state index >= 15 is 0 Å². The molecular formula is C53H32N2OS. The van der Waals surface area contributed by atoms with Gasteiger partial charge in [-0.25, -0.2) is 9.97 Å². The smallest absolute Gasteiger partial charge is 0.160 e. The van der Waals surface area contributed by atoms with Gasteiger partial charge in [-0.2, -0.15) is 0 Å². The number of rotatable bonds is 4. The van der Waals surface area contributed by atoms with E-state index in [-0.39, 0.29) is 0 Å². The number of thiophene rings is 1. The van der Waals surface area contributed by atoms with E-state index < -0.39 is 5.41 Å². The maximum atomic E-state index is 6.56. The minimum absolute atomic E-state index is 0.503. The Kier molecular flexibility index (Phi) is 7.01. The SMILES string of the molecule is c1ccc(-c2ccc(-c3nc(-c4ccc(-c5ccc6c(c5)C5(c7ccccc7Oc7ccccc75)c5ccccc5-6)cc4)c4sc5ccccc5c4n3)cc2)cc1. The first-order valence-corrected chi connectivity index (χ1v) is 20.1. The average molecular weight is 745 g/mol. The highest BCUT2D eigenvalue weighted by atomic mass is 32.1. The fourth-order valence-electron chi connectivity index (χ4n) is 9.21. The molecular weight excluding hydrogens is 713 g/mol. The second kappa shape index (κ2) is 12.4. The number of nitrogens with zero attached hydrogens (tertiary/aromatic N) is 2. The lowest BCUT2D eigenvalue weighted by Crippen LogP contribution is -2.32. The Bertz CT molecular complexity index is 3160. The summed E-state index contributed by atoms with van der Waals surface area (Å²) in [4.78, 5) is 10.5. The predicted octanol–water partition coefficient (Wildman–Crippen LogP) is 14.0. The summed E-state index contributed by atoms with van der Waals surface area (Å²) in [6, 6.07) is 69.5. The van der Waals surface area contributed by atoms with E-state index in [0.29, 0.717) is 0 Å². The van der Waals surface area contributed by atoms with Crippen LogP contribution in [-0.4, -0.2) is 9.97 Å². The molecule has 0 bridgehead atoms. The summed E-state index contributed by atoms with van der Waals surface area (Å²) in [5.74, 6) is 2.53. The molecule has 1 aliphatic carbocycles. The topological polar surface area (TPSA) is 35.0 Å². The van der Waals surface area contributed by atoms with E-state index in [2.05, 4.69) is 188 Å². The molecule has 0 amide bonds. The molecule has 1 aliphatic heterocycles. The van der Waals surface area contributed by atoms with Gasteiger partial charge in [0, 0.05) is 32.3 Å². The van der Waals surface area contributed by atoms with Crippen molar-refractivity contribution >= 4 is 31.6 Å². The molecule has 0 atom stereocenters. The van der Waals surface area contributed by atoms with Gasteiger partial charge < -0.3 is 4.74 Å². The molecule has 0 radical (unpaired) electrons. The van der Waals surface area contributed by atoms with Crippen molar-refractivity contribution in [1.29, 1.82) is 0 Å². The minimum atomic E-state index is -0.503. The molecule has 0 unspecified atom stereocenters. The van der Waals surface area contributed by atoms with E-state index in [4.69, 9.17) is 14.7 Å². The number of hydrogen-bond acceptors (Lipinski definition) is 4. The first kappa shape index (κ1) is 32.1. The largest absolute Gasteiger partial charge is 0.457 e. The Morgan fingerprint density at radius 1 is 0.404 bits per heavy atom. The molecule has 2 aromatic heterocycles. The van der Waals surface area contributed by atoms with Crippen LogP contribution in [0.15, 0.2) is 194 Å².